The number of rotatable bonds is 11. The van der Waals surface area contributed by atoms with Crippen LogP contribution in [0.15, 0.2) is 132 Å². The molecule has 2 heterocycles. The molecule has 1 aliphatic heterocycles. The van der Waals surface area contributed by atoms with E-state index in [1.165, 1.54) is 0 Å². The van der Waals surface area contributed by atoms with Gasteiger partial charge in [-0.05, 0) is 73.6 Å². The minimum atomic E-state index is -0.639. The van der Waals surface area contributed by atoms with Gasteiger partial charge < -0.3 is 24.7 Å². The molecule has 0 saturated heterocycles. The first-order valence-corrected chi connectivity index (χ1v) is 16.7. The van der Waals surface area contributed by atoms with Crippen molar-refractivity contribution in [2.45, 2.75) is 19.9 Å². The summed E-state index contributed by atoms with van der Waals surface area (Å²) in [6, 6.07) is 36.3. The zero-order valence-corrected chi connectivity index (χ0v) is 28.9. The van der Waals surface area contributed by atoms with Crippen molar-refractivity contribution >= 4 is 47.0 Å². The van der Waals surface area contributed by atoms with E-state index >= 15 is 0 Å². The summed E-state index contributed by atoms with van der Waals surface area (Å²) in [7, 11) is 0. The molecule has 0 spiro atoms. The summed E-state index contributed by atoms with van der Waals surface area (Å²) < 4.78 is 13.4. The molecule has 0 radical (unpaired) electrons. The van der Waals surface area contributed by atoms with Crippen molar-refractivity contribution in [1.82, 2.24) is 20.6 Å². The lowest BCUT2D eigenvalue weighted by atomic mass is 9.95. The number of esters is 1. The second kappa shape index (κ2) is 15.7. The van der Waals surface area contributed by atoms with Crippen LogP contribution in [0.3, 0.4) is 0 Å². The summed E-state index contributed by atoms with van der Waals surface area (Å²) in [4.78, 5) is 26.0. The van der Waals surface area contributed by atoms with Crippen LogP contribution in [0.25, 0.3) is 28.2 Å². The van der Waals surface area contributed by atoms with E-state index in [9.17, 15) is 9.59 Å². The zero-order chi connectivity index (χ0) is 35.0. The Hall–Kier alpha value is -5.71. The first-order chi connectivity index (χ1) is 24.3. The molecule has 5 aromatic rings. The first kappa shape index (κ1) is 34.2. The smallest absolute Gasteiger partial charge is 0.338 e. The molecular formula is C39H34ClN5O4S. The summed E-state index contributed by atoms with van der Waals surface area (Å²) in [5.74, 6) is -0.541. The van der Waals surface area contributed by atoms with Crippen molar-refractivity contribution in [2.24, 2.45) is 5.10 Å². The van der Waals surface area contributed by atoms with E-state index in [1.807, 2.05) is 103 Å². The number of amides is 1. The Morgan fingerprint density at radius 3 is 2.30 bits per heavy atom. The number of hydrogen-bond acceptors (Lipinski definition) is 6. The lowest BCUT2D eigenvalue weighted by Gasteiger charge is -2.30. The van der Waals surface area contributed by atoms with Crippen LogP contribution in [0.1, 0.15) is 31.0 Å². The molecule has 0 unspecified atom stereocenters. The number of allylic oxidation sites excluding steroid dienone is 1. The molecule has 1 amide bonds. The Kier molecular flexibility index (Phi) is 10.7. The van der Waals surface area contributed by atoms with Crippen LogP contribution in [0.4, 0.5) is 0 Å². The third-order valence-electron chi connectivity index (χ3n) is 7.98. The van der Waals surface area contributed by atoms with Crippen molar-refractivity contribution < 1.29 is 19.1 Å². The predicted molar refractivity (Wildman–Crippen MR) is 200 cm³/mol. The third kappa shape index (κ3) is 7.62. The van der Waals surface area contributed by atoms with Gasteiger partial charge in [-0.15, -0.1) is 0 Å². The summed E-state index contributed by atoms with van der Waals surface area (Å²) >= 11 is 11.6. The minimum absolute atomic E-state index is 0.220. The number of thiocarbonyl (C=S) groups is 1. The molecule has 6 rings (SSSR count). The van der Waals surface area contributed by atoms with Crippen LogP contribution in [-0.4, -0.2) is 41.0 Å². The van der Waals surface area contributed by atoms with Gasteiger partial charge in [0.15, 0.2) is 11.7 Å². The number of nitrogens with one attached hydrogen (secondary N) is 3. The molecular weight excluding hydrogens is 670 g/mol. The maximum atomic E-state index is 13.1. The molecule has 9 nitrogen and oxygen atoms in total. The number of benzene rings is 4. The summed E-state index contributed by atoms with van der Waals surface area (Å²) in [6.45, 7) is 3.40. The number of hydrogen-bond donors (Lipinski definition) is 3. The van der Waals surface area contributed by atoms with E-state index in [-0.39, 0.29) is 13.2 Å². The Bertz CT molecular complexity index is 2080. The Morgan fingerprint density at radius 2 is 1.60 bits per heavy atom. The average molecular weight is 704 g/mol. The summed E-state index contributed by atoms with van der Waals surface area (Å²) in [5.41, 5.74) is 9.70. The summed E-state index contributed by atoms with van der Waals surface area (Å²) in [6.07, 6.45) is 1.63. The van der Waals surface area contributed by atoms with Crippen LogP contribution in [-0.2, 0) is 14.3 Å². The second-order valence-corrected chi connectivity index (χ2v) is 12.1. The molecule has 0 saturated carbocycles. The Morgan fingerprint density at radius 1 is 0.940 bits per heavy atom. The molecule has 1 atom stereocenters. The average Bonchev–Trinajstić information content (AvgIpc) is 3.51. The fraction of sp³-hybridized carbons (Fsp3) is 0.128. The minimum Gasteiger partial charge on any atom is -0.483 e. The maximum Gasteiger partial charge on any atom is 0.338 e. The van der Waals surface area contributed by atoms with Gasteiger partial charge >= 0.3 is 5.97 Å². The monoisotopic (exact) mass is 703 g/mol. The quantitative estimate of drug-likeness (QED) is 0.0572. The van der Waals surface area contributed by atoms with E-state index in [1.54, 1.807) is 32.2 Å². The first-order valence-electron chi connectivity index (χ1n) is 16.0. The lowest BCUT2D eigenvalue weighted by molar-refractivity contribution is -0.139. The van der Waals surface area contributed by atoms with Gasteiger partial charge in [-0.2, -0.15) is 5.10 Å². The highest BCUT2D eigenvalue weighted by atomic mass is 35.5. The van der Waals surface area contributed by atoms with Gasteiger partial charge in [0.2, 0.25) is 0 Å². The highest BCUT2D eigenvalue weighted by Gasteiger charge is 2.32. The van der Waals surface area contributed by atoms with E-state index in [0.29, 0.717) is 32.7 Å². The number of ether oxygens (including phenoxy) is 2. The maximum absolute atomic E-state index is 13.1. The normalized spacial score (nSPS) is 14.2. The van der Waals surface area contributed by atoms with Gasteiger partial charge in [-0.3, -0.25) is 4.79 Å². The van der Waals surface area contributed by atoms with Crippen LogP contribution in [0.5, 0.6) is 5.75 Å². The number of carbonyl (C=O) groups excluding carboxylic acids is 2. The molecule has 252 valence electrons. The molecule has 1 aromatic heterocycles. The van der Waals surface area contributed by atoms with Crippen molar-refractivity contribution in [3.8, 4) is 34.0 Å². The van der Waals surface area contributed by atoms with Gasteiger partial charge in [-0.1, -0.05) is 90.5 Å². The Balaban J connectivity index is 1.26. The van der Waals surface area contributed by atoms with E-state index in [2.05, 4.69) is 25.7 Å². The fourth-order valence-corrected chi connectivity index (χ4v) is 6.20. The molecule has 3 N–H and O–H groups in total. The SMILES string of the molecule is CCOC(=O)C1=C(C)NC(=S)N[C@H]1c1ccccc1OCC(=O)NN=Cc1cc(-c2ccccc2)n(-c2ccc(Cl)cc2)c1-c1ccccc1. The van der Waals surface area contributed by atoms with Crippen LogP contribution in [0, 0.1) is 0 Å². The lowest BCUT2D eigenvalue weighted by Crippen LogP contribution is -2.45. The highest BCUT2D eigenvalue weighted by Crippen LogP contribution is 2.36. The number of hydrazone groups is 1. The standard InChI is InChI=1S/C39H34ClN5O4S/c1-3-48-38(47)35-25(2)42-39(50)43-36(35)31-16-10-11-17-33(31)49-24-34(46)44-41-23-28-22-32(26-12-6-4-7-13-26)45(30-20-18-29(40)19-21-30)37(28)27-14-8-5-9-15-27/h4-23,36H,3,24H2,1-2H3,(H,44,46)(H2,42,43,50)/t36-/m0/s1. The number of para-hydroxylation sites is 1. The molecule has 0 fully saturated rings. The zero-order valence-electron chi connectivity index (χ0n) is 27.4. The van der Waals surface area contributed by atoms with Gasteiger partial charge in [0, 0.05) is 27.5 Å². The van der Waals surface area contributed by atoms with Gasteiger partial charge in [-0.25, -0.2) is 10.2 Å². The number of nitrogens with zero attached hydrogens (tertiary/aromatic N) is 2. The fourth-order valence-electron chi connectivity index (χ4n) is 5.81. The molecule has 0 bridgehead atoms. The number of aromatic nitrogens is 1. The van der Waals surface area contributed by atoms with Crippen molar-refractivity contribution in [3.63, 3.8) is 0 Å². The van der Waals surface area contributed by atoms with Crippen molar-refractivity contribution in [3.05, 3.63) is 143 Å². The second-order valence-electron chi connectivity index (χ2n) is 11.3. The van der Waals surface area contributed by atoms with E-state index in [0.717, 1.165) is 33.8 Å². The molecule has 4 aromatic carbocycles. The predicted octanol–water partition coefficient (Wildman–Crippen LogP) is 7.35. The van der Waals surface area contributed by atoms with Gasteiger partial charge in [0.25, 0.3) is 5.91 Å². The molecule has 50 heavy (non-hydrogen) atoms. The number of halogens is 1. The van der Waals surface area contributed by atoms with Gasteiger partial charge in [0.1, 0.15) is 5.75 Å². The van der Waals surface area contributed by atoms with Crippen molar-refractivity contribution in [1.29, 1.82) is 0 Å². The highest BCUT2D eigenvalue weighted by molar-refractivity contribution is 7.80. The van der Waals surface area contributed by atoms with E-state index in [4.69, 9.17) is 33.3 Å². The van der Waals surface area contributed by atoms with Crippen LogP contribution >= 0.6 is 23.8 Å². The van der Waals surface area contributed by atoms with Crippen LogP contribution < -0.4 is 20.8 Å². The topological polar surface area (TPSA) is 106 Å². The number of carbonyl (C=O) groups is 2. The molecule has 11 heteroatoms. The summed E-state index contributed by atoms with van der Waals surface area (Å²) in [5, 5.41) is 11.5. The Labute approximate surface area is 300 Å². The van der Waals surface area contributed by atoms with Crippen molar-refractivity contribution in [2.75, 3.05) is 13.2 Å². The third-order valence-corrected chi connectivity index (χ3v) is 8.45. The van der Waals surface area contributed by atoms with Crippen LogP contribution in [0.2, 0.25) is 5.02 Å². The molecule has 0 aliphatic carbocycles. The van der Waals surface area contributed by atoms with Gasteiger partial charge in [0.05, 0.1) is 35.8 Å². The largest absolute Gasteiger partial charge is 0.483 e. The van der Waals surface area contributed by atoms with E-state index < -0.39 is 17.9 Å². The molecule has 1 aliphatic rings.